The van der Waals surface area contributed by atoms with Gasteiger partial charge >= 0.3 is 5.97 Å². The molecule has 0 rings (SSSR count). The summed E-state index contributed by atoms with van der Waals surface area (Å²) in [5.74, 6) is -3.95. The molecule has 0 aliphatic carbocycles. The second-order valence-electron chi connectivity index (χ2n) is 14.0. The number of amides is 5. The molecule has 0 aromatic heterocycles. The van der Waals surface area contributed by atoms with Crippen molar-refractivity contribution in [2.24, 2.45) is 29.0 Å². The molecule has 0 bridgehead atoms. The molecule has 17 heteroatoms. The van der Waals surface area contributed by atoms with Crippen molar-refractivity contribution in [2.45, 2.75) is 148 Å². The molecular weight excluding hydrogens is 705 g/mol. The molecule has 0 aromatic rings. The molecule has 306 valence electrons. The lowest BCUT2D eigenvalue weighted by atomic mass is 9.96. The molecule has 53 heavy (non-hydrogen) atoms. The van der Waals surface area contributed by atoms with Crippen molar-refractivity contribution >= 4 is 53.1 Å². The topological polar surface area (TPSA) is 278 Å². The van der Waals surface area contributed by atoms with Crippen molar-refractivity contribution in [3.8, 4) is 0 Å². The number of nitrogens with one attached hydrogen (secondary N) is 5. The Morgan fingerprint density at radius 3 is 1.58 bits per heavy atom. The summed E-state index contributed by atoms with van der Waals surface area (Å²) in [5, 5.41) is 22.8. The molecule has 0 radical (unpaired) electrons. The van der Waals surface area contributed by atoms with Crippen molar-refractivity contribution in [1.29, 1.82) is 0 Å². The van der Waals surface area contributed by atoms with Crippen molar-refractivity contribution in [2.75, 3.05) is 25.1 Å². The molecule has 0 spiro atoms. The number of carbonyl (C=O) groups excluding carboxylic acids is 6. The van der Waals surface area contributed by atoms with E-state index in [0.29, 0.717) is 57.4 Å². The summed E-state index contributed by atoms with van der Waals surface area (Å²) >= 11 is 1.56. The highest BCUT2D eigenvalue weighted by Gasteiger charge is 2.34. The standard InChI is InChI=1S/C36H68N8O8S/c1-7-23(5)31(44-32(48)24(39)15-16-30(46)47)36(52)42-27(14-10-12-19-38)33(49)41-26(13-9-11-18-37)34(50)43-28(21-22(3)4)35(51)40-25(17-20-53-6)29(45)8-2/h22-28,31H,7-21,37-39H2,1-6H3,(H,40,51)(H,41,49)(H,42,52)(H,43,50)(H,44,48)(H,46,47). The highest BCUT2D eigenvalue weighted by atomic mass is 32.2. The number of thioether (sulfide) groups is 1. The van der Waals surface area contributed by atoms with Crippen LogP contribution in [-0.2, 0) is 33.6 Å². The van der Waals surface area contributed by atoms with Crippen LogP contribution in [-0.4, -0.2) is 108 Å². The quantitative estimate of drug-likeness (QED) is 0.0456. The predicted octanol–water partition coefficient (Wildman–Crippen LogP) is 0.685. The Balaban J connectivity index is 6.26. The van der Waals surface area contributed by atoms with Gasteiger partial charge in [0.25, 0.3) is 0 Å². The number of unbranched alkanes of at least 4 members (excludes halogenated alkanes) is 2. The van der Waals surface area contributed by atoms with Gasteiger partial charge in [-0.2, -0.15) is 11.8 Å². The number of carboxylic acids is 1. The maximum absolute atomic E-state index is 13.9. The molecule has 0 aliphatic rings. The maximum Gasteiger partial charge on any atom is 0.303 e. The van der Waals surface area contributed by atoms with Crippen molar-refractivity contribution in [3.05, 3.63) is 0 Å². The largest absolute Gasteiger partial charge is 0.481 e. The number of Topliss-reactive ketones (excluding diaryl/α,β-unsaturated/α-hetero) is 1. The van der Waals surface area contributed by atoms with E-state index in [1.807, 2.05) is 27.0 Å². The molecule has 7 unspecified atom stereocenters. The highest BCUT2D eigenvalue weighted by Crippen LogP contribution is 2.13. The Hall–Kier alpha value is -3.28. The third-order valence-corrected chi connectivity index (χ3v) is 9.61. The van der Waals surface area contributed by atoms with E-state index < -0.39 is 71.8 Å². The highest BCUT2D eigenvalue weighted by molar-refractivity contribution is 7.98. The Labute approximate surface area is 319 Å². The molecule has 0 heterocycles. The van der Waals surface area contributed by atoms with Gasteiger partial charge < -0.3 is 48.9 Å². The van der Waals surface area contributed by atoms with Gasteiger partial charge in [0.2, 0.25) is 29.5 Å². The first-order chi connectivity index (χ1) is 25.1. The van der Waals surface area contributed by atoms with E-state index in [1.165, 1.54) is 0 Å². The first kappa shape index (κ1) is 49.7. The van der Waals surface area contributed by atoms with Crippen molar-refractivity contribution in [3.63, 3.8) is 0 Å². The lowest BCUT2D eigenvalue weighted by molar-refractivity contribution is -0.137. The van der Waals surface area contributed by atoms with Crippen LogP contribution >= 0.6 is 11.8 Å². The fourth-order valence-electron chi connectivity index (χ4n) is 5.47. The fraction of sp³-hybridized carbons (Fsp3) is 0.806. The molecule has 0 fully saturated rings. The van der Waals surface area contributed by atoms with Crippen LogP contribution in [0.25, 0.3) is 0 Å². The zero-order valence-corrected chi connectivity index (χ0v) is 33.5. The Morgan fingerprint density at radius 1 is 0.642 bits per heavy atom. The van der Waals surface area contributed by atoms with Gasteiger partial charge in [-0.1, -0.05) is 41.0 Å². The smallest absolute Gasteiger partial charge is 0.303 e. The van der Waals surface area contributed by atoms with Gasteiger partial charge in [0.1, 0.15) is 24.2 Å². The minimum absolute atomic E-state index is 0.00987. The van der Waals surface area contributed by atoms with Crippen LogP contribution in [0.1, 0.15) is 112 Å². The van der Waals surface area contributed by atoms with Crippen LogP contribution in [0, 0.1) is 11.8 Å². The van der Waals surface area contributed by atoms with Gasteiger partial charge in [-0.05, 0) is 94.7 Å². The van der Waals surface area contributed by atoms with Gasteiger partial charge in [-0.3, -0.25) is 33.6 Å². The molecule has 0 saturated carbocycles. The second-order valence-corrected chi connectivity index (χ2v) is 14.9. The number of hydrogen-bond acceptors (Lipinski definition) is 11. The summed E-state index contributed by atoms with van der Waals surface area (Å²) in [7, 11) is 0. The molecule has 16 nitrogen and oxygen atoms in total. The summed E-state index contributed by atoms with van der Waals surface area (Å²) in [6, 6.07) is -6.07. The van der Waals surface area contributed by atoms with Crippen LogP contribution in [0.5, 0.6) is 0 Å². The molecule has 0 aliphatic heterocycles. The van der Waals surface area contributed by atoms with Crippen LogP contribution < -0.4 is 43.8 Å². The van der Waals surface area contributed by atoms with Gasteiger partial charge in [0.15, 0.2) is 5.78 Å². The van der Waals surface area contributed by atoms with E-state index in [4.69, 9.17) is 22.3 Å². The van der Waals surface area contributed by atoms with E-state index in [0.717, 1.165) is 0 Å². The number of carboxylic acid groups (broad SMARTS) is 1. The fourth-order valence-corrected chi connectivity index (χ4v) is 5.94. The first-order valence-corrected chi connectivity index (χ1v) is 20.4. The SMILES string of the molecule is CCC(=O)C(CCSC)NC(=O)C(CC(C)C)NC(=O)C(CCCCN)NC(=O)C(CCCCN)NC(=O)C(NC(=O)C(N)CCC(=O)O)C(C)CC. The monoisotopic (exact) mass is 772 g/mol. The summed E-state index contributed by atoms with van der Waals surface area (Å²) in [5.41, 5.74) is 17.3. The molecule has 0 aromatic carbocycles. The summed E-state index contributed by atoms with van der Waals surface area (Å²) in [6.07, 6.45) is 5.46. The van der Waals surface area contributed by atoms with Crippen LogP contribution in [0.3, 0.4) is 0 Å². The second kappa shape index (κ2) is 28.2. The molecular formula is C36H68N8O8S. The van der Waals surface area contributed by atoms with Gasteiger partial charge in [0.05, 0.1) is 12.1 Å². The molecule has 12 N–H and O–H groups in total. The number of aliphatic carboxylic acids is 1. The zero-order valence-electron chi connectivity index (χ0n) is 32.7. The van der Waals surface area contributed by atoms with Gasteiger partial charge in [0, 0.05) is 12.8 Å². The lowest BCUT2D eigenvalue weighted by Gasteiger charge is -2.29. The van der Waals surface area contributed by atoms with E-state index in [-0.39, 0.29) is 56.1 Å². The van der Waals surface area contributed by atoms with E-state index in [2.05, 4.69) is 26.6 Å². The van der Waals surface area contributed by atoms with Gasteiger partial charge in [-0.15, -0.1) is 0 Å². The Kier molecular flexibility index (Phi) is 26.5. The maximum atomic E-state index is 13.9. The summed E-state index contributed by atoms with van der Waals surface area (Å²) in [6.45, 7) is 9.84. The average Bonchev–Trinajstić information content (AvgIpc) is 3.11. The number of nitrogens with two attached hydrogens (primary N) is 3. The first-order valence-electron chi connectivity index (χ1n) is 19.0. The van der Waals surface area contributed by atoms with Crippen LogP contribution in [0.15, 0.2) is 0 Å². The average molecular weight is 773 g/mol. The predicted molar refractivity (Wildman–Crippen MR) is 208 cm³/mol. The van der Waals surface area contributed by atoms with E-state index in [9.17, 15) is 33.6 Å². The number of rotatable bonds is 30. The van der Waals surface area contributed by atoms with Crippen molar-refractivity contribution < 1.29 is 38.7 Å². The Bertz CT molecular complexity index is 1160. The molecule has 7 atom stereocenters. The molecule has 0 saturated heterocycles. The number of ketones is 1. The Morgan fingerprint density at radius 2 is 1.13 bits per heavy atom. The lowest BCUT2D eigenvalue weighted by Crippen LogP contribution is -2.60. The zero-order chi connectivity index (χ0) is 40.5. The molecule has 5 amide bonds. The third-order valence-electron chi connectivity index (χ3n) is 8.96. The van der Waals surface area contributed by atoms with Gasteiger partial charge in [-0.25, -0.2) is 0 Å². The number of carbonyl (C=O) groups is 7. The summed E-state index contributed by atoms with van der Waals surface area (Å²) in [4.78, 5) is 91.3. The normalized spacial score (nSPS) is 15.2. The van der Waals surface area contributed by atoms with Crippen LogP contribution in [0.4, 0.5) is 0 Å². The number of hydrogen-bond donors (Lipinski definition) is 9. The van der Waals surface area contributed by atoms with Crippen molar-refractivity contribution in [1.82, 2.24) is 26.6 Å². The minimum Gasteiger partial charge on any atom is -0.481 e. The minimum atomic E-state index is -1.16. The van der Waals surface area contributed by atoms with Crippen LogP contribution in [0.2, 0.25) is 0 Å². The summed E-state index contributed by atoms with van der Waals surface area (Å²) < 4.78 is 0. The van der Waals surface area contributed by atoms with E-state index >= 15 is 0 Å². The van der Waals surface area contributed by atoms with E-state index in [1.54, 1.807) is 25.6 Å². The third kappa shape index (κ3) is 20.7.